The van der Waals surface area contributed by atoms with Crippen molar-refractivity contribution in [1.82, 2.24) is 9.97 Å². The van der Waals surface area contributed by atoms with Crippen molar-refractivity contribution in [3.63, 3.8) is 0 Å². The van der Waals surface area contributed by atoms with Gasteiger partial charge < -0.3 is 23.4 Å². The van der Waals surface area contributed by atoms with E-state index in [4.69, 9.17) is 31.6 Å². The molecule has 48 heavy (non-hydrogen) atoms. The Morgan fingerprint density at radius 2 is 1.31 bits per heavy atom. The minimum Gasteiger partial charge on any atom is -0.493 e. The van der Waals surface area contributed by atoms with Gasteiger partial charge in [0, 0.05) is 6.42 Å². The Kier molecular flexibility index (Phi) is 12.0. The molecule has 2 aromatic heterocycles. The SMILES string of the molecule is [2H]C([2H])([2H])Oc1cnc(Br)cc1NC(=O)OC(C)(C)C.[2H]C([2H])([2H])Oc1cnc(C#CCCC(C)(C)O[Si](C)(C)C(C)(C)C)cc1NC(=O)OC(C)(C)C. The van der Waals surface area contributed by atoms with E-state index in [9.17, 15) is 9.59 Å². The Balaban J connectivity index is 0.000000618. The summed E-state index contributed by atoms with van der Waals surface area (Å²) in [5.41, 5.74) is -1.06. The fraction of sp³-hybridized carbons (Fsp3) is 0.600. The van der Waals surface area contributed by atoms with Crippen LogP contribution >= 0.6 is 15.9 Å². The lowest BCUT2D eigenvalue weighted by Gasteiger charge is -2.42. The third-order valence-electron chi connectivity index (χ3n) is 6.60. The van der Waals surface area contributed by atoms with Crippen LogP contribution in [0.5, 0.6) is 11.5 Å². The highest BCUT2D eigenvalue weighted by Gasteiger charge is 2.41. The van der Waals surface area contributed by atoms with Gasteiger partial charge in [-0.25, -0.2) is 19.6 Å². The summed E-state index contributed by atoms with van der Waals surface area (Å²) in [6, 6.07) is 2.89. The van der Waals surface area contributed by atoms with Crippen LogP contribution in [0.25, 0.3) is 0 Å². The highest BCUT2D eigenvalue weighted by atomic mass is 79.9. The zero-order valence-electron chi connectivity index (χ0n) is 36.4. The molecule has 0 aliphatic rings. The molecular weight excluding hydrogens is 696 g/mol. The van der Waals surface area contributed by atoms with Crippen molar-refractivity contribution in [3.8, 4) is 23.3 Å². The number of anilines is 2. The number of pyridine rings is 2. The first-order valence-corrected chi connectivity index (χ1v) is 19.0. The van der Waals surface area contributed by atoms with Crippen LogP contribution in [0.4, 0.5) is 21.0 Å². The van der Waals surface area contributed by atoms with E-state index in [1.165, 1.54) is 24.5 Å². The van der Waals surface area contributed by atoms with Gasteiger partial charge in [0.1, 0.15) is 21.5 Å². The number of methoxy groups -OCH3 is 2. The van der Waals surface area contributed by atoms with Gasteiger partial charge in [-0.2, -0.15) is 0 Å². The third-order valence-corrected chi connectivity index (χ3v) is 11.7. The summed E-state index contributed by atoms with van der Waals surface area (Å²) in [6.45, 7) is 25.6. The summed E-state index contributed by atoms with van der Waals surface area (Å²) in [4.78, 5) is 31.9. The molecule has 0 unspecified atom stereocenters. The summed E-state index contributed by atoms with van der Waals surface area (Å²) in [7, 11) is -7.24. The van der Waals surface area contributed by atoms with Gasteiger partial charge >= 0.3 is 12.2 Å². The molecule has 2 amide bonds. The molecule has 268 valence electrons. The van der Waals surface area contributed by atoms with Crippen LogP contribution in [0.3, 0.4) is 0 Å². The minimum atomic E-state index is -2.70. The molecule has 2 rings (SSSR count). The van der Waals surface area contributed by atoms with E-state index >= 15 is 0 Å². The topological polar surface area (TPSA) is 130 Å². The number of nitrogens with one attached hydrogen (secondary N) is 2. The minimum absolute atomic E-state index is 0.0703. The van der Waals surface area contributed by atoms with Gasteiger partial charge in [-0.05, 0) is 114 Å². The van der Waals surface area contributed by atoms with Crippen LogP contribution in [0.2, 0.25) is 18.1 Å². The highest BCUT2D eigenvalue weighted by molar-refractivity contribution is 9.10. The van der Waals surface area contributed by atoms with Gasteiger partial charge in [-0.15, -0.1) is 0 Å². The number of amides is 2. The maximum atomic E-state index is 12.2. The lowest BCUT2D eigenvalue weighted by atomic mass is 10.0. The van der Waals surface area contributed by atoms with Gasteiger partial charge in [-0.3, -0.25) is 10.6 Å². The summed E-state index contributed by atoms with van der Waals surface area (Å²) in [5.74, 6) is 5.90. The molecule has 2 heterocycles. The molecule has 0 atom stereocenters. The average molecular weight is 758 g/mol. The largest absolute Gasteiger partial charge is 0.493 e. The number of rotatable bonds is 8. The number of hydrogen-bond donors (Lipinski definition) is 2. The Morgan fingerprint density at radius 1 is 0.833 bits per heavy atom. The van der Waals surface area contributed by atoms with Crippen molar-refractivity contribution < 1.29 is 41.2 Å². The standard InChI is InChI=1S/C24H40N2O4Si.C11H15BrN2O3/c1-22(2,3)29-21(27)26-19-16-18(25-17-20(19)28-9)14-12-13-15-24(7,8)30-31(10,11)23(4,5)6;1-11(2,3)17-10(15)14-7-5-9(12)13-6-8(7)16-4/h16-17H,13,15H2,1-11H3,(H,25,26,27);5-6H,1-4H3,(H,13,14,15)/i9D3;4D3. The summed E-state index contributed by atoms with van der Waals surface area (Å²) in [6.07, 6.45) is 2.31. The predicted molar refractivity (Wildman–Crippen MR) is 197 cm³/mol. The van der Waals surface area contributed by atoms with Crippen LogP contribution in [0.15, 0.2) is 29.1 Å². The number of hydrogen-bond acceptors (Lipinski definition) is 9. The molecule has 0 saturated carbocycles. The lowest BCUT2D eigenvalue weighted by molar-refractivity contribution is 0.0624. The quantitative estimate of drug-likeness (QED) is 0.154. The smallest absolute Gasteiger partial charge is 0.412 e. The van der Waals surface area contributed by atoms with Gasteiger partial charge in [0.05, 0.1) is 51.7 Å². The molecule has 0 saturated heterocycles. The normalized spacial score (nSPS) is 14.4. The number of ether oxygens (including phenoxy) is 4. The van der Waals surface area contributed by atoms with E-state index in [1.807, 2.05) is 0 Å². The number of nitrogens with zero attached hydrogens (tertiary/aromatic N) is 2. The molecule has 2 aromatic rings. The van der Waals surface area contributed by atoms with Crippen molar-refractivity contribution in [3.05, 3.63) is 34.8 Å². The van der Waals surface area contributed by atoms with E-state index < -0.39 is 45.8 Å². The van der Waals surface area contributed by atoms with Crippen LogP contribution in [0, 0.1) is 11.8 Å². The Bertz CT molecular complexity index is 1660. The Morgan fingerprint density at radius 3 is 1.77 bits per heavy atom. The molecule has 0 fully saturated rings. The molecule has 0 spiro atoms. The predicted octanol–water partition coefficient (Wildman–Crippen LogP) is 9.57. The van der Waals surface area contributed by atoms with E-state index in [-0.39, 0.29) is 33.5 Å². The third kappa shape index (κ3) is 16.2. The van der Waals surface area contributed by atoms with Gasteiger partial charge in [0.15, 0.2) is 19.8 Å². The summed E-state index contributed by atoms with van der Waals surface area (Å²) in [5, 5.41) is 5.07. The molecule has 0 aromatic carbocycles. The van der Waals surface area contributed by atoms with Gasteiger partial charge in [0.25, 0.3) is 0 Å². The zero-order valence-corrected chi connectivity index (χ0v) is 32.9. The van der Waals surface area contributed by atoms with Crippen molar-refractivity contribution in [2.75, 3.05) is 24.7 Å². The van der Waals surface area contributed by atoms with Crippen molar-refractivity contribution >= 4 is 47.8 Å². The van der Waals surface area contributed by atoms with Crippen LogP contribution in [0.1, 0.15) is 103 Å². The van der Waals surface area contributed by atoms with Gasteiger partial charge in [0.2, 0.25) is 0 Å². The molecule has 2 N–H and O–H groups in total. The fourth-order valence-electron chi connectivity index (χ4n) is 3.53. The number of aromatic nitrogens is 2. The van der Waals surface area contributed by atoms with Crippen LogP contribution < -0.4 is 20.1 Å². The maximum absolute atomic E-state index is 12.2. The Labute approximate surface area is 305 Å². The second-order valence-electron chi connectivity index (χ2n) is 15.0. The van der Waals surface area contributed by atoms with E-state index in [1.54, 1.807) is 41.5 Å². The van der Waals surface area contributed by atoms with Crippen molar-refractivity contribution in [2.45, 2.75) is 124 Å². The van der Waals surface area contributed by atoms with Crippen molar-refractivity contribution in [1.29, 1.82) is 0 Å². The summed E-state index contributed by atoms with van der Waals surface area (Å²) >= 11 is 3.13. The molecule has 0 radical (unpaired) electrons. The first-order chi connectivity index (χ1) is 24.1. The lowest BCUT2D eigenvalue weighted by Crippen LogP contribution is -2.47. The molecular formula is C35H55BrN4O7Si. The highest BCUT2D eigenvalue weighted by Crippen LogP contribution is 2.40. The second-order valence-corrected chi connectivity index (χ2v) is 20.5. The molecule has 0 bridgehead atoms. The molecule has 0 aliphatic carbocycles. The summed E-state index contributed by atoms with van der Waals surface area (Å²) < 4.78 is 70.3. The second kappa shape index (κ2) is 17.4. The van der Waals surface area contributed by atoms with E-state index in [2.05, 4.69) is 96.1 Å². The van der Waals surface area contributed by atoms with Crippen molar-refractivity contribution in [2.24, 2.45) is 0 Å². The number of carbonyl (C=O) groups is 2. The zero-order chi connectivity index (χ0) is 42.1. The molecule has 0 aliphatic heterocycles. The number of halogens is 1. The van der Waals surface area contributed by atoms with Crippen LogP contribution in [-0.2, 0) is 13.9 Å². The maximum Gasteiger partial charge on any atom is 0.412 e. The molecule has 13 heteroatoms. The average Bonchev–Trinajstić information content (AvgIpc) is 2.89. The monoisotopic (exact) mass is 756 g/mol. The fourth-order valence-corrected chi connectivity index (χ4v) is 5.65. The first-order valence-electron chi connectivity index (χ1n) is 18.3. The first kappa shape index (κ1) is 33.2. The van der Waals surface area contributed by atoms with E-state index in [0.717, 1.165) is 6.42 Å². The van der Waals surface area contributed by atoms with Crippen LogP contribution in [-0.4, -0.2) is 61.4 Å². The number of carbonyl (C=O) groups excluding carboxylic acids is 2. The Hall–Kier alpha value is -3.34. The van der Waals surface area contributed by atoms with E-state index in [0.29, 0.717) is 16.7 Å². The van der Waals surface area contributed by atoms with Gasteiger partial charge in [-0.1, -0.05) is 26.7 Å². The molecule has 11 nitrogen and oxygen atoms in total.